The summed E-state index contributed by atoms with van der Waals surface area (Å²) in [6.45, 7) is 0.418. The van der Waals surface area contributed by atoms with E-state index in [9.17, 15) is 16.8 Å². The van der Waals surface area contributed by atoms with E-state index in [2.05, 4.69) is 4.72 Å². The summed E-state index contributed by atoms with van der Waals surface area (Å²) in [5, 5.41) is 0. The summed E-state index contributed by atoms with van der Waals surface area (Å²) in [6.07, 6.45) is 3.53. The number of sulfonamides is 1. The van der Waals surface area contributed by atoms with Crippen LogP contribution >= 0.6 is 0 Å². The molecule has 1 aromatic rings. The van der Waals surface area contributed by atoms with Crippen LogP contribution in [0.3, 0.4) is 0 Å². The highest BCUT2D eigenvalue weighted by atomic mass is 32.2. The van der Waals surface area contributed by atoms with Crippen molar-refractivity contribution in [3.63, 3.8) is 0 Å². The fourth-order valence-corrected chi connectivity index (χ4v) is 5.68. The quantitative estimate of drug-likeness (QED) is 0.816. The van der Waals surface area contributed by atoms with E-state index >= 15 is 0 Å². The summed E-state index contributed by atoms with van der Waals surface area (Å²) < 4.78 is 51.1. The van der Waals surface area contributed by atoms with E-state index in [1.165, 1.54) is 24.3 Å². The SMILES string of the molecule is CS(=O)(=O)c1ccccc1S(=O)(=O)N[C@H]1CCC[C@@H]1CN. The lowest BCUT2D eigenvalue weighted by Gasteiger charge is -2.20. The predicted molar refractivity (Wildman–Crippen MR) is 80.1 cm³/mol. The van der Waals surface area contributed by atoms with E-state index < -0.39 is 19.9 Å². The van der Waals surface area contributed by atoms with Crippen LogP contribution in [0.2, 0.25) is 0 Å². The number of sulfone groups is 1. The maximum Gasteiger partial charge on any atom is 0.242 e. The van der Waals surface area contributed by atoms with Crippen LogP contribution < -0.4 is 10.5 Å². The first-order chi connectivity index (χ1) is 9.75. The van der Waals surface area contributed by atoms with Gasteiger partial charge in [0.05, 0.1) is 4.90 Å². The fourth-order valence-electron chi connectivity index (χ4n) is 2.72. The Labute approximate surface area is 125 Å². The van der Waals surface area contributed by atoms with Crippen LogP contribution in [-0.2, 0) is 19.9 Å². The largest absolute Gasteiger partial charge is 0.330 e. The number of nitrogens with two attached hydrogens (primary N) is 1. The first kappa shape index (κ1) is 16.4. The maximum atomic E-state index is 12.5. The van der Waals surface area contributed by atoms with E-state index in [-0.39, 0.29) is 21.8 Å². The van der Waals surface area contributed by atoms with Crippen LogP contribution in [0.1, 0.15) is 19.3 Å². The topological polar surface area (TPSA) is 106 Å². The molecule has 0 spiro atoms. The van der Waals surface area contributed by atoms with Gasteiger partial charge in [0.2, 0.25) is 10.0 Å². The second kappa shape index (κ2) is 6.04. The zero-order chi connectivity index (χ0) is 15.7. The van der Waals surface area contributed by atoms with Gasteiger partial charge in [0.1, 0.15) is 4.90 Å². The van der Waals surface area contributed by atoms with Gasteiger partial charge in [-0.3, -0.25) is 0 Å². The molecule has 1 aromatic carbocycles. The highest BCUT2D eigenvalue weighted by Gasteiger charge is 2.32. The van der Waals surface area contributed by atoms with Gasteiger partial charge in [-0.2, -0.15) is 0 Å². The van der Waals surface area contributed by atoms with Crippen LogP contribution in [0.4, 0.5) is 0 Å². The van der Waals surface area contributed by atoms with Gasteiger partial charge in [-0.1, -0.05) is 18.6 Å². The van der Waals surface area contributed by atoms with Crippen LogP contribution in [0.25, 0.3) is 0 Å². The summed E-state index contributed by atoms with van der Waals surface area (Å²) in [7, 11) is -7.50. The Bertz CT molecular complexity index is 713. The molecule has 0 heterocycles. The summed E-state index contributed by atoms with van der Waals surface area (Å²) in [5.74, 6) is 0.102. The minimum atomic E-state index is -3.89. The smallest absolute Gasteiger partial charge is 0.242 e. The average molecular weight is 332 g/mol. The Morgan fingerprint density at radius 1 is 1.14 bits per heavy atom. The van der Waals surface area contributed by atoms with Crippen molar-refractivity contribution in [2.24, 2.45) is 11.7 Å². The molecule has 0 aliphatic heterocycles. The van der Waals surface area contributed by atoms with Crippen molar-refractivity contribution in [1.82, 2.24) is 4.72 Å². The van der Waals surface area contributed by atoms with E-state index in [4.69, 9.17) is 5.73 Å². The Morgan fingerprint density at radius 3 is 2.33 bits per heavy atom. The first-order valence-electron chi connectivity index (χ1n) is 6.77. The van der Waals surface area contributed by atoms with Crippen molar-refractivity contribution < 1.29 is 16.8 Å². The van der Waals surface area contributed by atoms with Gasteiger partial charge >= 0.3 is 0 Å². The standard InChI is InChI=1S/C13H20N2O4S2/c1-20(16,17)12-7-2-3-8-13(12)21(18,19)15-11-6-4-5-10(11)9-14/h2-3,7-8,10-11,15H,4-6,9,14H2,1H3/t10-,11+/m1/s1. The van der Waals surface area contributed by atoms with Crippen LogP contribution in [0.15, 0.2) is 34.1 Å². The Kier molecular flexibility index (Phi) is 4.72. The van der Waals surface area contributed by atoms with Gasteiger partial charge in [0, 0.05) is 12.3 Å². The third-order valence-corrected chi connectivity index (χ3v) is 6.64. The van der Waals surface area contributed by atoms with E-state index in [0.717, 1.165) is 25.5 Å². The molecular formula is C13H20N2O4S2. The van der Waals surface area contributed by atoms with Gasteiger partial charge in [-0.05, 0) is 37.4 Å². The van der Waals surface area contributed by atoms with Gasteiger partial charge in [-0.15, -0.1) is 0 Å². The summed E-state index contributed by atoms with van der Waals surface area (Å²) in [4.78, 5) is -0.380. The van der Waals surface area contributed by atoms with E-state index in [1.807, 2.05) is 0 Å². The summed E-state index contributed by atoms with van der Waals surface area (Å²) >= 11 is 0. The molecule has 1 fully saturated rings. The van der Waals surface area contributed by atoms with Crippen LogP contribution in [0, 0.1) is 5.92 Å². The van der Waals surface area contributed by atoms with Gasteiger partial charge < -0.3 is 5.73 Å². The molecule has 2 rings (SSSR count). The average Bonchev–Trinajstić information content (AvgIpc) is 2.84. The molecule has 0 unspecified atom stereocenters. The molecule has 0 bridgehead atoms. The monoisotopic (exact) mass is 332 g/mol. The lowest BCUT2D eigenvalue weighted by atomic mass is 10.1. The van der Waals surface area contributed by atoms with Gasteiger partial charge in [0.15, 0.2) is 9.84 Å². The summed E-state index contributed by atoms with van der Waals surface area (Å²) in [6, 6.07) is 5.41. The zero-order valence-electron chi connectivity index (χ0n) is 11.8. The minimum Gasteiger partial charge on any atom is -0.330 e. The second-order valence-corrected chi connectivity index (χ2v) is 9.04. The number of hydrogen-bond acceptors (Lipinski definition) is 5. The highest BCUT2D eigenvalue weighted by Crippen LogP contribution is 2.27. The Balaban J connectivity index is 2.37. The lowest BCUT2D eigenvalue weighted by Crippen LogP contribution is -2.40. The van der Waals surface area contributed by atoms with Crippen molar-refractivity contribution >= 4 is 19.9 Å². The first-order valence-corrected chi connectivity index (χ1v) is 10.1. The Hall–Kier alpha value is -0.960. The van der Waals surface area contributed by atoms with Crippen molar-refractivity contribution in [2.45, 2.75) is 35.1 Å². The molecule has 21 heavy (non-hydrogen) atoms. The molecule has 1 aliphatic carbocycles. The van der Waals surface area contributed by atoms with E-state index in [0.29, 0.717) is 6.54 Å². The molecule has 3 N–H and O–H groups in total. The van der Waals surface area contributed by atoms with E-state index in [1.54, 1.807) is 0 Å². The molecule has 0 radical (unpaired) electrons. The summed E-state index contributed by atoms with van der Waals surface area (Å²) in [5.41, 5.74) is 5.65. The molecule has 0 amide bonds. The highest BCUT2D eigenvalue weighted by molar-refractivity contribution is 7.93. The van der Waals surface area contributed by atoms with Gasteiger partial charge in [-0.25, -0.2) is 21.6 Å². The zero-order valence-corrected chi connectivity index (χ0v) is 13.5. The van der Waals surface area contributed by atoms with Crippen molar-refractivity contribution in [3.05, 3.63) is 24.3 Å². The number of benzene rings is 1. The molecule has 118 valence electrons. The Morgan fingerprint density at radius 2 is 1.76 bits per heavy atom. The van der Waals surface area contributed by atoms with Crippen molar-refractivity contribution in [1.29, 1.82) is 0 Å². The molecule has 2 atom stereocenters. The molecular weight excluding hydrogens is 312 g/mol. The van der Waals surface area contributed by atoms with Crippen molar-refractivity contribution in [3.8, 4) is 0 Å². The molecule has 0 aromatic heterocycles. The third kappa shape index (κ3) is 3.63. The number of rotatable bonds is 5. The number of hydrogen-bond donors (Lipinski definition) is 2. The molecule has 6 nitrogen and oxygen atoms in total. The van der Waals surface area contributed by atoms with Crippen molar-refractivity contribution in [2.75, 3.05) is 12.8 Å². The fraction of sp³-hybridized carbons (Fsp3) is 0.538. The van der Waals surface area contributed by atoms with Gasteiger partial charge in [0.25, 0.3) is 0 Å². The predicted octanol–water partition coefficient (Wildman–Crippen LogP) is 0.496. The molecule has 0 saturated heterocycles. The second-order valence-electron chi connectivity index (χ2n) is 5.37. The lowest BCUT2D eigenvalue weighted by molar-refractivity contribution is 0.452. The van der Waals surface area contributed by atoms with Crippen LogP contribution in [0.5, 0.6) is 0 Å². The molecule has 1 saturated carbocycles. The third-order valence-electron chi connectivity index (χ3n) is 3.81. The number of nitrogens with one attached hydrogen (secondary N) is 1. The normalized spacial score (nSPS) is 23.3. The van der Waals surface area contributed by atoms with Crippen LogP contribution in [-0.4, -0.2) is 35.7 Å². The molecule has 1 aliphatic rings. The minimum absolute atomic E-state index is 0.102. The molecule has 8 heteroatoms. The maximum absolute atomic E-state index is 12.5.